The average Bonchev–Trinajstić information content (AvgIpc) is 3.22. The van der Waals surface area contributed by atoms with Gasteiger partial charge in [-0.2, -0.15) is 0 Å². The molecule has 0 aliphatic heterocycles. The quantitative estimate of drug-likeness (QED) is 0.149. The molecule has 14 heteroatoms. The number of carboxylic acids is 2. The summed E-state index contributed by atoms with van der Waals surface area (Å²) in [5, 5.41) is 35.1. The zero-order valence-electron chi connectivity index (χ0n) is 18.4. The van der Waals surface area contributed by atoms with Crippen LogP contribution in [0.5, 0.6) is 0 Å². The number of hydrogen-bond donors (Lipinski definition) is 8. The summed E-state index contributed by atoms with van der Waals surface area (Å²) < 4.78 is 0. The normalized spacial score (nSPS) is 15.6. The predicted octanol–water partition coefficient (Wildman–Crippen LogP) is -2.67. The number of nitrogens with two attached hydrogens (primary N) is 1. The van der Waals surface area contributed by atoms with Crippen molar-refractivity contribution in [3.8, 4) is 0 Å². The highest BCUT2D eigenvalue weighted by Crippen LogP contribution is 2.04. The van der Waals surface area contributed by atoms with E-state index in [9.17, 15) is 34.2 Å². The van der Waals surface area contributed by atoms with Crippen molar-refractivity contribution in [3.63, 3.8) is 0 Å². The number of nitrogens with one attached hydrogen (secondary N) is 4. The van der Waals surface area contributed by atoms with Crippen molar-refractivity contribution in [1.29, 1.82) is 0 Å². The van der Waals surface area contributed by atoms with Crippen molar-refractivity contribution in [3.05, 3.63) is 18.2 Å². The number of aliphatic carboxylic acids is 2. The van der Waals surface area contributed by atoms with Crippen LogP contribution in [0.1, 0.15) is 32.9 Å². The SMILES string of the molecule is CC(C)C(N)C(=O)NC(CC(=O)O)C(=O)NC(C(=O)NC(Cc1cnc[nH]1)C(=O)O)C(C)O. The molecule has 184 valence electrons. The molecule has 5 unspecified atom stereocenters. The Hall–Kier alpha value is -3.52. The Bertz CT molecular complexity index is 841. The molecule has 0 bridgehead atoms. The Morgan fingerprint density at radius 2 is 1.61 bits per heavy atom. The number of nitrogens with zero attached hydrogens (tertiary/aromatic N) is 1. The van der Waals surface area contributed by atoms with Crippen LogP contribution in [0.2, 0.25) is 0 Å². The fraction of sp³-hybridized carbons (Fsp3) is 0.579. The second-order valence-electron chi connectivity index (χ2n) is 7.84. The van der Waals surface area contributed by atoms with E-state index in [0.29, 0.717) is 5.69 Å². The maximum absolute atomic E-state index is 12.7. The van der Waals surface area contributed by atoms with E-state index in [4.69, 9.17) is 10.8 Å². The molecule has 1 rings (SSSR count). The van der Waals surface area contributed by atoms with Crippen molar-refractivity contribution < 1.29 is 39.3 Å². The van der Waals surface area contributed by atoms with Crippen LogP contribution in [0.15, 0.2) is 12.5 Å². The van der Waals surface area contributed by atoms with Gasteiger partial charge in [0.1, 0.15) is 18.1 Å². The third-order valence-electron chi connectivity index (χ3n) is 4.69. The van der Waals surface area contributed by atoms with Gasteiger partial charge in [-0.3, -0.25) is 19.2 Å². The van der Waals surface area contributed by atoms with Crippen molar-refractivity contribution in [2.45, 2.75) is 63.9 Å². The third kappa shape index (κ3) is 8.86. The number of aliphatic hydroxyl groups excluding tert-OH is 1. The maximum Gasteiger partial charge on any atom is 0.326 e. The van der Waals surface area contributed by atoms with Gasteiger partial charge in [-0.25, -0.2) is 9.78 Å². The number of aromatic nitrogens is 2. The van der Waals surface area contributed by atoms with E-state index in [1.807, 2.05) is 0 Å². The summed E-state index contributed by atoms with van der Waals surface area (Å²) in [6.45, 7) is 4.49. The molecule has 0 saturated carbocycles. The zero-order valence-corrected chi connectivity index (χ0v) is 18.4. The summed E-state index contributed by atoms with van der Waals surface area (Å²) >= 11 is 0. The van der Waals surface area contributed by atoms with Crippen LogP contribution >= 0.6 is 0 Å². The molecule has 0 aliphatic carbocycles. The summed E-state index contributed by atoms with van der Waals surface area (Å²) in [6.07, 6.45) is 0.267. The maximum atomic E-state index is 12.7. The van der Waals surface area contributed by atoms with E-state index in [0.717, 1.165) is 0 Å². The molecule has 33 heavy (non-hydrogen) atoms. The predicted molar refractivity (Wildman–Crippen MR) is 112 cm³/mol. The number of aliphatic hydroxyl groups is 1. The standard InChI is InChI=1S/C19H30N6O8/c1-8(2)14(20)17(30)23-11(5-13(27)28)16(29)25-15(9(3)26)18(31)24-12(19(32)33)4-10-6-21-7-22-10/h6-9,11-12,14-15,26H,4-5,20H2,1-3H3,(H,21,22)(H,23,30)(H,24,31)(H,25,29)(H,27,28)(H,32,33). The highest BCUT2D eigenvalue weighted by molar-refractivity contribution is 5.95. The Morgan fingerprint density at radius 3 is 2.06 bits per heavy atom. The molecule has 9 N–H and O–H groups in total. The summed E-state index contributed by atoms with van der Waals surface area (Å²) in [5.74, 6) is -5.93. The van der Waals surface area contributed by atoms with E-state index >= 15 is 0 Å². The first kappa shape index (κ1) is 27.5. The summed E-state index contributed by atoms with van der Waals surface area (Å²) in [7, 11) is 0. The lowest BCUT2D eigenvalue weighted by molar-refractivity contribution is -0.144. The van der Waals surface area contributed by atoms with Crippen LogP contribution in [0, 0.1) is 5.92 Å². The second kappa shape index (κ2) is 12.5. The fourth-order valence-electron chi connectivity index (χ4n) is 2.69. The van der Waals surface area contributed by atoms with Crippen molar-refractivity contribution in [2.24, 2.45) is 11.7 Å². The summed E-state index contributed by atoms with van der Waals surface area (Å²) in [4.78, 5) is 66.6. The highest BCUT2D eigenvalue weighted by Gasteiger charge is 2.34. The van der Waals surface area contributed by atoms with E-state index in [-0.39, 0.29) is 12.3 Å². The van der Waals surface area contributed by atoms with Gasteiger partial charge in [0.05, 0.1) is 24.9 Å². The van der Waals surface area contributed by atoms with Gasteiger partial charge in [0.25, 0.3) is 0 Å². The number of carboxylic acid groups (broad SMARTS) is 2. The molecular formula is C19H30N6O8. The van der Waals surface area contributed by atoms with E-state index in [1.54, 1.807) is 13.8 Å². The molecule has 0 fully saturated rings. The fourth-order valence-corrected chi connectivity index (χ4v) is 2.69. The molecule has 1 aromatic heterocycles. The molecular weight excluding hydrogens is 440 g/mol. The summed E-state index contributed by atoms with van der Waals surface area (Å²) in [5.41, 5.74) is 6.14. The van der Waals surface area contributed by atoms with Crippen LogP contribution in [-0.4, -0.2) is 85.2 Å². The van der Waals surface area contributed by atoms with Gasteiger partial charge in [0.2, 0.25) is 17.7 Å². The van der Waals surface area contributed by atoms with Gasteiger partial charge in [0, 0.05) is 18.3 Å². The third-order valence-corrected chi connectivity index (χ3v) is 4.69. The van der Waals surface area contributed by atoms with E-state index in [1.165, 1.54) is 19.4 Å². The smallest absolute Gasteiger partial charge is 0.326 e. The zero-order chi connectivity index (χ0) is 25.3. The molecule has 0 radical (unpaired) electrons. The van der Waals surface area contributed by atoms with Gasteiger partial charge in [0.15, 0.2) is 0 Å². The molecule has 5 atom stereocenters. The van der Waals surface area contributed by atoms with E-state index < -0.39 is 66.4 Å². The van der Waals surface area contributed by atoms with Gasteiger partial charge >= 0.3 is 11.9 Å². The van der Waals surface area contributed by atoms with Crippen LogP contribution in [0.25, 0.3) is 0 Å². The molecule has 0 aromatic carbocycles. The molecule has 0 spiro atoms. The number of rotatable bonds is 13. The topological polar surface area (TPSA) is 237 Å². The lowest BCUT2D eigenvalue weighted by Crippen LogP contribution is -2.60. The lowest BCUT2D eigenvalue weighted by Gasteiger charge is -2.26. The Kier molecular flexibility index (Phi) is 10.4. The average molecular weight is 470 g/mol. The van der Waals surface area contributed by atoms with Crippen LogP contribution in [0.4, 0.5) is 0 Å². The largest absolute Gasteiger partial charge is 0.481 e. The first-order chi connectivity index (χ1) is 15.3. The molecule has 14 nitrogen and oxygen atoms in total. The minimum Gasteiger partial charge on any atom is -0.481 e. The van der Waals surface area contributed by atoms with Crippen molar-refractivity contribution in [2.75, 3.05) is 0 Å². The van der Waals surface area contributed by atoms with Gasteiger partial charge in [-0.1, -0.05) is 13.8 Å². The minimum atomic E-state index is -1.63. The molecule has 0 saturated heterocycles. The number of aromatic amines is 1. The van der Waals surface area contributed by atoms with Crippen molar-refractivity contribution in [1.82, 2.24) is 25.9 Å². The number of hydrogen-bond acceptors (Lipinski definition) is 8. The Morgan fingerprint density at radius 1 is 1.00 bits per heavy atom. The first-order valence-electron chi connectivity index (χ1n) is 10.1. The van der Waals surface area contributed by atoms with Crippen LogP contribution < -0.4 is 21.7 Å². The number of imidazole rings is 1. The summed E-state index contributed by atoms with van der Waals surface area (Å²) in [6, 6.07) is -5.64. The number of carbonyl (C=O) groups excluding carboxylic acids is 3. The minimum absolute atomic E-state index is 0.146. The van der Waals surface area contributed by atoms with Crippen LogP contribution in [-0.2, 0) is 30.4 Å². The molecule has 1 heterocycles. The van der Waals surface area contributed by atoms with Crippen molar-refractivity contribution >= 4 is 29.7 Å². The number of amides is 3. The lowest BCUT2D eigenvalue weighted by atomic mass is 10.0. The molecule has 1 aromatic rings. The van der Waals surface area contributed by atoms with Crippen LogP contribution in [0.3, 0.4) is 0 Å². The first-order valence-corrected chi connectivity index (χ1v) is 10.1. The highest BCUT2D eigenvalue weighted by atomic mass is 16.4. The monoisotopic (exact) mass is 470 g/mol. The van der Waals surface area contributed by atoms with Gasteiger partial charge in [-0.05, 0) is 12.8 Å². The van der Waals surface area contributed by atoms with Gasteiger partial charge in [-0.15, -0.1) is 0 Å². The Labute approximate surface area is 189 Å². The van der Waals surface area contributed by atoms with Gasteiger partial charge < -0.3 is 42.0 Å². The number of carbonyl (C=O) groups is 5. The van der Waals surface area contributed by atoms with E-state index in [2.05, 4.69) is 25.9 Å². The second-order valence-corrected chi connectivity index (χ2v) is 7.84. The number of H-pyrrole nitrogens is 1. The molecule has 0 aliphatic rings. The molecule has 3 amide bonds. The Balaban J connectivity index is 2.95.